The van der Waals surface area contributed by atoms with E-state index in [4.69, 9.17) is 9.15 Å². The standard InChI is InChI=1S/C23H17F3N6O2/c24-23(25,26)18-7-4-17(5-8-18)6-10-21-28-20(15-33-21)16-34-22-11-9-19(29-30-22)3-1-2-13-32-14-12-27-31-32/h4-12,14-15H,2,13,16H2. The van der Waals surface area contributed by atoms with Gasteiger partial charge in [0.2, 0.25) is 11.8 Å². The van der Waals surface area contributed by atoms with Gasteiger partial charge in [0.25, 0.3) is 0 Å². The zero-order valence-electron chi connectivity index (χ0n) is 17.6. The van der Waals surface area contributed by atoms with Gasteiger partial charge < -0.3 is 9.15 Å². The van der Waals surface area contributed by atoms with Crippen molar-refractivity contribution in [2.24, 2.45) is 0 Å². The molecule has 4 aromatic rings. The van der Waals surface area contributed by atoms with E-state index in [1.807, 2.05) is 0 Å². The predicted molar refractivity (Wildman–Crippen MR) is 115 cm³/mol. The molecule has 0 aliphatic rings. The first-order valence-electron chi connectivity index (χ1n) is 10.0. The van der Waals surface area contributed by atoms with Crippen molar-refractivity contribution in [2.45, 2.75) is 25.7 Å². The number of rotatable bonds is 7. The fraction of sp³-hybridized carbons (Fsp3) is 0.174. The topological polar surface area (TPSA) is 91.8 Å². The quantitative estimate of drug-likeness (QED) is 0.376. The van der Waals surface area contributed by atoms with Crippen LogP contribution in [-0.4, -0.2) is 30.2 Å². The van der Waals surface area contributed by atoms with E-state index in [0.717, 1.165) is 12.1 Å². The van der Waals surface area contributed by atoms with E-state index in [2.05, 4.69) is 37.3 Å². The molecule has 11 heteroatoms. The lowest BCUT2D eigenvalue weighted by atomic mass is 10.1. The second-order valence-electron chi connectivity index (χ2n) is 6.89. The molecule has 0 saturated carbocycles. The summed E-state index contributed by atoms with van der Waals surface area (Å²) in [5.41, 5.74) is 0.918. The van der Waals surface area contributed by atoms with Gasteiger partial charge in [-0.15, -0.1) is 15.3 Å². The van der Waals surface area contributed by atoms with E-state index in [9.17, 15) is 13.2 Å². The third-order valence-corrected chi connectivity index (χ3v) is 4.39. The van der Waals surface area contributed by atoms with Crippen LogP contribution < -0.4 is 4.74 Å². The van der Waals surface area contributed by atoms with Crippen molar-refractivity contribution in [2.75, 3.05) is 0 Å². The van der Waals surface area contributed by atoms with Gasteiger partial charge in [-0.05, 0) is 35.8 Å². The summed E-state index contributed by atoms with van der Waals surface area (Å²) in [6, 6.07) is 8.13. The summed E-state index contributed by atoms with van der Waals surface area (Å²) in [7, 11) is 0. The van der Waals surface area contributed by atoms with Crippen LogP contribution in [0.3, 0.4) is 0 Å². The van der Waals surface area contributed by atoms with Gasteiger partial charge in [0.15, 0.2) is 0 Å². The lowest BCUT2D eigenvalue weighted by Gasteiger charge is -2.05. The summed E-state index contributed by atoms with van der Waals surface area (Å²) in [5.74, 6) is 6.51. The fourth-order valence-corrected chi connectivity index (χ4v) is 2.70. The Bertz CT molecular complexity index is 1290. The maximum atomic E-state index is 12.6. The van der Waals surface area contributed by atoms with Crippen LogP contribution in [0.4, 0.5) is 13.2 Å². The molecule has 3 heterocycles. The average Bonchev–Trinajstić information content (AvgIpc) is 3.52. The van der Waals surface area contributed by atoms with Gasteiger partial charge in [-0.3, -0.25) is 4.68 Å². The highest BCUT2D eigenvalue weighted by atomic mass is 19.4. The Kier molecular flexibility index (Phi) is 6.98. The minimum absolute atomic E-state index is 0.106. The molecular weight excluding hydrogens is 449 g/mol. The van der Waals surface area contributed by atoms with Crippen molar-refractivity contribution in [1.82, 2.24) is 30.2 Å². The molecule has 0 spiro atoms. The third-order valence-electron chi connectivity index (χ3n) is 4.39. The number of hydrogen-bond acceptors (Lipinski definition) is 7. The van der Waals surface area contributed by atoms with E-state index in [0.29, 0.717) is 41.7 Å². The average molecular weight is 466 g/mol. The van der Waals surface area contributed by atoms with Crippen molar-refractivity contribution in [3.8, 4) is 17.7 Å². The molecule has 0 bridgehead atoms. The number of alkyl halides is 3. The summed E-state index contributed by atoms with van der Waals surface area (Å²) in [6.45, 7) is 0.746. The normalized spacial score (nSPS) is 11.4. The van der Waals surface area contributed by atoms with Gasteiger partial charge in [-0.2, -0.15) is 13.2 Å². The molecule has 0 saturated heterocycles. The molecule has 8 nitrogen and oxygen atoms in total. The number of aromatic nitrogens is 6. The summed E-state index contributed by atoms with van der Waals surface area (Å²) < 4.78 is 50.4. The number of aryl methyl sites for hydroxylation is 1. The first kappa shape index (κ1) is 22.7. The molecule has 0 atom stereocenters. The van der Waals surface area contributed by atoms with E-state index < -0.39 is 11.7 Å². The molecule has 0 aliphatic carbocycles. The van der Waals surface area contributed by atoms with Crippen molar-refractivity contribution in [1.29, 1.82) is 0 Å². The number of hydrogen-bond donors (Lipinski definition) is 0. The van der Waals surface area contributed by atoms with Crippen molar-refractivity contribution >= 4 is 12.2 Å². The highest BCUT2D eigenvalue weighted by Gasteiger charge is 2.29. The van der Waals surface area contributed by atoms with Gasteiger partial charge in [0.05, 0.1) is 18.3 Å². The molecular formula is C23H17F3N6O2. The van der Waals surface area contributed by atoms with E-state index >= 15 is 0 Å². The summed E-state index contributed by atoms with van der Waals surface area (Å²) in [6.07, 6.45) is 4.20. The maximum Gasteiger partial charge on any atom is 0.416 e. The van der Waals surface area contributed by atoms with Crippen LogP contribution >= 0.6 is 0 Å². The first-order valence-corrected chi connectivity index (χ1v) is 10.0. The second kappa shape index (κ2) is 10.4. The first-order chi connectivity index (χ1) is 16.5. The molecule has 0 aliphatic heterocycles. The Morgan fingerprint density at radius 1 is 1.06 bits per heavy atom. The molecule has 3 aromatic heterocycles. The summed E-state index contributed by atoms with van der Waals surface area (Å²) in [4.78, 5) is 4.25. The van der Waals surface area contributed by atoms with E-state index in [1.165, 1.54) is 18.4 Å². The lowest BCUT2D eigenvalue weighted by Crippen LogP contribution is -2.03. The molecule has 0 amide bonds. The van der Waals surface area contributed by atoms with Crippen molar-refractivity contribution in [3.05, 3.63) is 83.5 Å². The van der Waals surface area contributed by atoms with Crippen LogP contribution in [-0.2, 0) is 19.3 Å². The molecule has 0 N–H and O–H groups in total. The van der Waals surface area contributed by atoms with Gasteiger partial charge in [0, 0.05) is 24.8 Å². The van der Waals surface area contributed by atoms with E-state index in [1.54, 1.807) is 41.4 Å². The SMILES string of the molecule is FC(F)(F)c1ccc(C=Cc2nc(COc3ccc(C#CCCn4ccnn4)nn3)co2)cc1. The van der Waals surface area contributed by atoms with Crippen LogP contribution in [0.25, 0.3) is 12.2 Å². The van der Waals surface area contributed by atoms with Crippen LogP contribution in [0, 0.1) is 11.8 Å². The molecule has 1 aromatic carbocycles. The van der Waals surface area contributed by atoms with Crippen LogP contribution in [0.1, 0.15) is 34.8 Å². The summed E-state index contributed by atoms with van der Waals surface area (Å²) >= 11 is 0. The lowest BCUT2D eigenvalue weighted by molar-refractivity contribution is -0.137. The zero-order valence-corrected chi connectivity index (χ0v) is 17.6. The van der Waals surface area contributed by atoms with Crippen molar-refractivity contribution < 1.29 is 22.3 Å². The highest BCUT2D eigenvalue weighted by molar-refractivity contribution is 5.66. The number of oxazole rings is 1. The third kappa shape index (κ3) is 6.52. The highest BCUT2D eigenvalue weighted by Crippen LogP contribution is 2.29. The van der Waals surface area contributed by atoms with Crippen LogP contribution in [0.2, 0.25) is 0 Å². The molecule has 172 valence electrons. The number of ether oxygens (including phenoxy) is 1. The molecule has 0 radical (unpaired) electrons. The smallest absolute Gasteiger partial charge is 0.416 e. The Morgan fingerprint density at radius 2 is 1.91 bits per heavy atom. The molecule has 34 heavy (non-hydrogen) atoms. The van der Waals surface area contributed by atoms with Gasteiger partial charge >= 0.3 is 6.18 Å². The van der Waals surface area contributed by atoms with Gasteiger partial charge in [-0.25, -0.2) is 4.98 Å². The summed E-state index contributed by atoms with van der Waals surface area (Å²) in [5, 5.41) is 15.6. The Morgan fingerprint density at radius 3 is 2.62 bits per heavy atom. The van der Waals surface area contributed by atoms with E-state index in [-0.39, 0.29) is 6.61 Å². The van der Waals surface area contributed by atoms with Crippen molar-refractivity contribution in [3.63, 3.8) is 0 Å². The van der Waals surface area contributed by atoms with Gasteiger partial charge in [-0.1, -0.05) is 23.3 Å². The second-order valence-corrected chi connectivity index (χ2v) is 6.89. The number of nitrogens with zero attached hydrogens (tertiary/aromatic N) is 6. The number of halogens is 3. The Balaban J connectivity index is 1.25. The van der Waals surface area contributed by atoms with Crippen LogP contribution in [0.5, 0.6) is 5.88 Å². The maximum absolute atomic E-state index is 12.6. The monoisotopic (exact) mass is 466 g/mol. The zero-order chi connectivity index (χ0) is 23.8. The Hall–Kier alpha value is -4.46. The van der Waals surface area contributed by atoms with Crippen LogP contribution in [0.15, 0.2) is 59.5 Å². The van der Waals surface area contributed by atoms with Gasteiger partial charge in [0.1, 0.15) is 24.3 Å². The largest absolute Gasteiger partial charge is 0.470 e. The molecule has 4 rings (SSSR count). The molecule has 0 unspecified atom stereocenters. The fourth-order valence-electron chi connectivity index (χ4n) is 2.70. The molecule has 0 fully saturated rings. The Labute approximate surface area is 192 Å². The number of benzene rings is 1. The minimum Gasteiger partial charge on any atom is -0.470 e. The minimum atomic E-state index is -4.36. The predicted octanol–water partition coefficient (Wildman–Crippen LogP) is 4.27.